The summed E-state index contributed by atoms with van der Waals surface area (Å²) >= 11 is 4.85. The van der Waals surface area contributed by atoms with Crippen LogP contribution in [0.5, 0.6) is 11.5 Å². The maximum Gasteiger partial charge on any atom is 0.338 e. The minimum absolute atomic E-state index is 0.257. The maximum atomic E-state index is 14.0. The highest BCUT2D eigenvalue weighted by Crippen LogP contribution is 2.32. The van der Waals surface area contributed by atoms with Crippen LogP contribution in [0.1, 0.15) is 56.0 Å². The van der Waals surface area contributed by atoms with Crippen molar-refractivity contribution in [3.63, 3.8) is 0 Å². The van der Waals surface area contributed by atoms with Crippen LogP contribution >= 0.6 is 27.3 Å². The van der Waals surface area contributed by atoms with Crippen molar-refractivity contribution in [3.8, 4) is 17.6 Å². The molecule has 10 heteroatoms. The number of halogens is 1. The quantitative estimate of drug-likeness (QED) is 0.209. The largest absolute Gasteiger partial charge is 0.494 e. The number of hydrogen-bond donors (Lipinski definition) is 0. The minimum atomic E-state index is -0.708. The van der Waals surface area contributed by atoms with Gasteiger partial charge in [0.15, 0.2) is 4.80 Å². The number of nitriles is 1. The number of benzene rings is 3. The summed E-state index contributed by atoms with van der Waals surface area (Å²) in [5, 5.41) is 8.99. The Morgan fingerprint density at radius 1 is 1.11 bits per heavy atom. The first kappa shape index (κ1) is 31.0. The number of nitrogens with zero attached hydrogens (tertiary/aromatic N) is 3. The molecule has 0 N–H and O–H groups in total. The van der Waals surface area contributed by atoms with Crippen molar-refractivity contribution in [1.82, 2.24) is 4.57 Å². The second-order valence-corrected chi connectivity index (χ2v) is 12.2. The Labute approximate surface area is 267 Å². The van der Waals surface area contributed by atoms with E-state index in [-0.39, 0.29) is 11.7 Å². The molecule has 1 aliphatic rings. The highest BCUT2D eigenvalue weighted by Gasteiger charge is 2.33. The van der Waals surface area contributed by atoms with Crippen molar-refractivity contribution in [2.45, 2.75) is 46.4 Å². The fraction of sp³-hybridized carbons (Fsp3) is 0.235. The SMILES string of the molecule is CCOc1ccc([C@@H]2C(C(=O)OC(C)C)=C(C)N=c3s/c(=C/c4ccc(OCc5ccc(C#N)cc5)c(Br)c4)c(=O)n32)cc1. The van der Waals surface area contributed by atoms with Gasteiger partial charge in [0.25, 0.3) is 5.56 Å². The van der Waals surface area contributed by atoms with Gasteiger partial charge in [-0.25, -0.2) is 9.79 Å². The first-order valence-corrected chi connectivity index (χ1v) is 15.7. The van der Waals surface area contributed by atoms with Crippen LogP contribution in [0.4, 0.5) is 0 Å². The second-order valence-electron chi connectivity index (χ2n) is 10.3. The van der Waals surface area contributed by atoms with Crippen molar-refractivity contribution in [3.05, 3.63) is 124 Å². The Kier molecular flexibility index (Phi) is 9.47. The van der Waals surface area contributed by atoms with E-state index in [0.29, 0.717) is 50.9 Å². The van der Waals surface area contributed by atoms with Gasteiger partial charge in [-0.2, -0.15) is 5.26 Å². The van der Waals surface area contributed by atoms with Gasteiger partial charge in [-0.15, -0.1) is 0 Å². The monoisotopic (exact) mass is 671 g/mol. The molecule has 0 saturated carbocycles. The zero-order chi connectivity index (χ0) is 31.4. The lowest BCUT2D eigenvalue weighted by atomic mass is 9.96. The van der Waals surface area contributed by atoms with Gasteiger partial charge >= 0.3 is 5.97 Å². The van der Waals surface area contributed by atoms with Crippen molar-refractivity contribution >= 4 is 39.3 Å². The van der Waals surface area contributed by atoms with Gasteiger partial charge in [0.2, 0.25) is 0 Å². The molecule has 224 valence electrons. The number of carbonyl (C=O) groups excluding carboxylic acids is 1. The number of thiazole rings is 1. The van der Waals surface area contributed by atoms with Crippen LogP contribution in [-0.2, 0) is 16.1 Å². The third-order valence-electron chi connectivity index (χ3n) is 6.82. The van der Waals surface area contributed by atoms with Gasteiger partial charge in [-0.3, -0.25) is 9.36 Å². The van der Waals surface area contributed by atoms with Gasteiger partial charge in [0.05, 0.1) is 50.7 Å². The molecule has 0 bridgehead atoms. The fourth-order valence-electron chi connectivity index (χ4n) is 4.80. The average Bonchev–Trinajstić information content (AvgIpc) is 3.30. The molecule has 0 unspecified atom stereocenters. The Morgan fingerprint density at radius 3 is 2.48 bits per heavy atom. The van der Waals surface area contributed by atoms with E-state index in [0.717, 1.165) is 21.2 Å². The van der Waals surface area contributed by atoms with Gasteiger partial charge in [0, 0.05) is 0 Å². The summed E-state index contributed by atoms with van der Waals surface area (Å²) in [6.45, 7) is 8.12. The lowest BCUT2D eigenvalue weighted by Crippen LogP contribution is -2.40. The zero-order valence-corrected chi connectivity index (χ0v) is 27.1. The third-order valence-corrected chi connectivity index (χ3v) is 8.42. The van der Waals surface area contributed by atoms with E-state index in [1.807, 2.05) is 61.5 Å². The molecule has 3 aromatic carbocycles. The molecule has 0 amide bonds. The Morgan fingerprint density at radius 2 is 1.84 bits per heavy atom. The molecule has 0 spiro atoms. The number of esters is 1. The molecule has 8 nitrogen and oxygen atoms in total. The number of fused-ring (bicyclic) bond motifs is 1. The van der Waals surface area contributed by atoms with Gasteiger partial charge in [-0.05, 0) is 103 Å². The van der Waals surface area contributed by atoms with Gasteiger partial charge < -0.3 is 14.2 Å². The average molecular weight is 673 g/mol. The topological polar surface area (TPSA) is 103 Å². The molecular formula is C34H30BrN3O5S. The van der Waals surface area contributed by atoms with Crippen molar-refractivity contribution in [2.75, 3.05) is 6.61 Å². The molecule has 5 rings (SSSR count). The summed E-state index contributed by atoms with van der Waals surface area (Å²) in [5.74, 6) is 0.841. The first-order chi connectivity index (χ1) is 21.2. The second kappa shape index (κ2) is 13.5. The van der Waals surface area contributed by atoms with E-state index >= 15 is 0 Å². The number of carbonyl (C=O) groups is 1. The molecule has 4 aromatic rings. The molecule has 44 heavy (non-hydrogen) atoms. The fourth-order valence-corrected chi connectivity index (χ4v) is 6.36. The molecule has 0 fully saturated rings. The molecule has 0 aliphatic carbocycles. The van der Waals surface area contributed by atoms with Crippen molar-refractivity contribution in [2.24, 2.45) is 4.99 Å². The van der Waals surface area contributed by atoms with Crippen LogP contribution in [0.15, 0.2) is 92.3 Å². The van der Waals surface area contributed by atoms with Crippen LogP contribution in [0, 0.1) is 11.3 Å². The molecular weight excluding hydrogens is 642 g/mol. The summed E-state index contributed by atoms with van der Waals surface area (Å²) in [6.07, 6.45) is 1.47. The van der Waals surface area contributed by atoms with E-state index in [1.54, 1.807) is 43.5 Å². The zero-order valence-electron chi connectivity index (χ0n) is 24.7. The van der Waals surface area contributed by atoms with Crippen LogP contribution < -0.4 is 24.4 Å². The Balaban J connectivity index is 1.50. The Bertz CT molecular complexity index is 1950. The van der Waals surface area contributed by atoms with E-state index < -0.39 is 12.0 Å². The normalized spacial score (nSPS) is 14.6. The maximum absolute atomic E-state index is 14.0. The molecule has 2 heterocycles. The van der Waals surface area contributed by atoms with E-state index in [9.17, 15) is 9.59 Å². The lowest BCUT2D eigenvalue weighted by molar-refractivity contribution is -0.143. The van der Waals surface area contributed by atoms with E-state index in [4.69, 9.17) is 19.5 Å². The standard InChI is InChI=1S/C34H30BrN3O5S/c1-5-41-26-13-11-25(12-14-26)31-30(33(40)43-20(2)3)21(4)37-34-38(31)32(39)29(44-34)17-24-10-15-28(27(35)16-24)42-19-23-8-6-22(18-36)7-9-23/h6-17,20,31H,5,19H2,1-4H3/b29-17+/t31-/m1/s1. The smallest absolute Gasteiger partial charge is 0.338 e. The predicted molar refractivity (Wildman–Crippen MR) is 172 cm³/mol. The highest BCUT2D eigenvalue weighted by molar-refractivity contribution is 9.10. The van der Waals surface area contributed by atoms with Crippen LogP contribution in [0.25, 0.3) is 6.08 Å². The number of aromatic nitrogens is 1. The van der Waals surface area contributed by atoms with E-state index in [1.165, 1.54) is 11.3 Å². The molecule has 1 aromatic heterocycles. The van der Waals surface area contributed by atoms with Gasteiger partial charge in [-0.1, -0.05) is 41.7 Å². The lowest BCUT2D eigenvalue weighted by Gasteiger charge is -2.25. The van der Waals surface area contributed by atoms with Crippen molar-refractivity contribution < 1.29 is 19.0 Å². The third kappa shape index (κ3) is 6.69. The molecule has 0 saturated heterocycles. The molecule has 0 radical (unpaired) electrons. The van der Waals surface area contributed by atoms with Crippen LogP contribution in [-0.4, -0.2) is 23.2 Å². The number of hydrogen-bond acceptors (Lipinski definition) is 8. The number of allylic oxidation sites excluding steroid dienone is 1. The number of ether oxygens (including phenoxy) is 3. The Hall–Kier alpha value is -4.46. The minimum Gasteiger partial charge on any atom is -0.494 e. The summed E-state index contributed by atoms with van der Waals surface area (Å²) < 4.78 is 19.9. The van der Waals surface area contributed by atoms with Crippen molar-refractivity contribution in [1.29, 1.82) is 5.26 Å². The number of rotatable bonds is 9. The van der Waals surface area contributed by atoms with E-state index in [2.05, 4.69) is 27.0 Å². The summed E-state index contributed by atoms with van der Waals surface area (Å²) in [6, 6.07) is 21.6. The van der Waals surface area contributed by atoms with Gasteiger partial charge in [0.1, 0.15) is 18.1 Å². The first-order valence-electron chi connectivity index (χ1n) is 14.1. The summed E-state index contributed by atoms with van der Waals surface area (Å²) in [5.41, 5.74) is 3.65. The highest BCUT2D eigenvalue weighted by atomic mass is 79.9. The summed E-state index contributed by atoms with van der Waals surface area (Å²) in [4.78, 5) is 32.4. The molecule has 1 atom stereocenters. The molecule has 1 aliphatic heterocycles. The predicted octanol–water partition coefficient (Wildman–Crippen LogP) is 5.80. The summed E-state index contributed by atoms with van der Waals surface area (Å²) in [7, 11) is 0. The van der Waals surface area contributed by atoms with Crippen LogP contribution in [0.2, 0.25) is 0 Å². The van der Waals surface area contributed by atoms with Crippen LogP contribution in [0.3, 0.4) is 0 Å².